The lowest BCUT2D eigenvalue weighted by molar-refractivity contribution is 0.539. The Bertz CT molecular complexity index is 964. The summed E-state index contributed by atoms with van der Waals surface area (Å²) >= 11 is 0. The Kier molecular flexibility index (Phi) is 2.50. The van der Waals surface area contributed by atoms with E-state index in [4.69, 9.17) is 4.42 Å². The van der Waals surface area contributed by atoms with Crippen LogP contribution in [-0.2, 0) is 0 Å². The van der Waals surface area contributed by atoms with Crippen LogP contribution < -0.4 is 5.69 Å². The van der Waals surface area contributed by atoms with Crippen LogP contribution in [0.2, 0.25) is 0 Å². The van der Waals surface area contributed by atoms with Gasteiger partial charge >= 0.3 is 11.7 Å². The predicted molar refractivity (Wildman–Crippen MR) is 79.4 cm³/mol. The highest BCUT2D eigenvalue weighted by Gasteiger charge is 2.13. The molecule has 0 aliphatic rings. The Labute approximate surface area is 119 Å². The molecule has 0 saturated carbocycles. The van der Waals surface area contributed by atoms with Gasteiger partial charge in [0.2, 0.25) is 0 Å². The number of rotatable bonds is 2. The first-order chi connectivity index (χ1) is 10.3. The van der Waals surface area contributed by atoms with Crippen LogP contribution in [0.15, 0.2) is 70.0 Å². The van der Waals surface area contributed by atoms with Crippen molar-refractivity contribution in [1.82, 2.24) is 14.5 Å². The van der Waals surface area contributed by atoms with Crippen molar-refractivity contribution in [2.75, 3.05) is 0 Å². The Balaban J connectivity index is 1.89. The molecule has 21 heavy (non-hydrogen) atoms. The molecule has 2 heterocycles. The Morgan fingerprint density at radius 1 is 1.00 bits per heavy atom. The second kappa shape index (κ2) is 4.49. The molecule has 0 fully saturated rings. The zero-order valence-corrected chi connectivity index (χ0v) is 11.0. The van der Waals surface area contributed by atoms with Crippen LogP contribution in [-0.4, -0.2) is 14.5 Å². The predicted octanol–water partition coefficient (Wildman–Crippen LogP) is 2.97. The van der Waals surface area contributed by atoms with Gasteiger partial charge in [0, 0.05) is 5.56 Å². The lowest BCUT2D eigenvalue weighted by Crippen LogP contribution is -2.14. The first-order valence-electron chi connectivity index (χ1n) is 6.54. The van der Waals surface area contributed by atoms with Crippen molar-refractivity contribution in [3.8, 4) is 17.3 Å². The summed E-state index contributed by atoms with van der Waals surface area (Å²) in [6.45, 7) is 0. The second-order valence-corrected chi connectivity index (χ2v) is 4.66. The maximum Gasteiger partial charge on any atom is 0.334 e. The van der Waals surface area contributed by atoms with Crippen molar-refractivity contribution in [3.05, 3.63) is 71.3 Å². The molecule has 5 heteroatoms. The van der Waals surface area contributed by atoms with Gasteiger partial charge in [-0.25, -0.2) is 14.3 Å². The number of aromatic nitrogens is 3. The highest BCUT2D eigenvalue weighted by molar-refractivity contribution is 5.76. The molecular weight excluding hydrogens is 266 g/mol. The second-order valence-electron chi connectivity index (χ2n) is 4.66. The fraction of sp³-hybridized carbons (Fsp3) is 0. The third-order valence-electron chi connectivity index (χ3n) is 3.33. The molecule has 0 aliphatic heterocycles. The van der Waals surface area contributed by atoms with E-state index in [9.17, 15) is 4.79 Å². The number of para-hydroxylation sites is 2. The first-order valence-corrected chi connectivity index (χ1v) is 6.54. The standard InChI is InChI=1S/C16H11N3O2/c20-15-18-12-8-4-5-9-13(12)19(15)16-17-10-14(21-16)11-6-2-1-3-7-11/h1-10H,(H,18,20). The minimum atomic E-state index is -0.266. The summed E-state index contributed by atoms with van der Waals surface area (Å²) in [6.07, 6.45) is 1.62. The van der Waals surface area contributed by atoms with Crippen molar-refractivity contribution in [3.63, 3.8) is 0 Å². The summed E-state index contributed by atoms with van der Waals surface area (Å²) in [5, 5.41) is 0. The molecule has 0 radical (unpaired) electrons. The third kappa shape index (κ3) is 1.87. The van der Waals surface area contributed by atoms with Crippen molar-refractivity contribution in [2.24, 2.45) is 0 Å². The smallest absolute Gasteiger partial charge is 0.334 e. The Morgan fingerprint density at radius 3 is 2.62 bits per heavy atom. The first kappa shape index (κ1) is 11.7. The SMILES string of the molecule is O=c1[nH]c2ccccc2n1-c1ncc(-c2ccccc2)o1. The lowest BCUT2D eigenvalue weighted by atomic mass is 10.2. The molecule has 0 bridgehead atoms. The van der Waals surface area contributed by atoms with Crippen LogP contribution in [0.25, 0.3) is 28.4 Å². The van der Waals surface area contributed by atoms with E-state index in [1.54, 1.807) is 6.20 Å². The van der Waals surface area contributed by atoms with Gasteiger partial charge in [0.15, 0.2) is 5.76 Å². The van der Waals surface area contributed by atoms with E-state index in [-0.39, 0.29) is 11.7 Å². The Hall–Kier alpha value is -3.08. The third-order valence-corrected chi connectivity index (χ3v) is 3.33. The van der Waals surface area contributed by atoms with Gasteiger partial charge in [-0.1, -0.05) is 42.5 Å². The number of hydrogen-bond donors (Lipinski definition) is 1. The fourth-order valence-corrected chi connectivity index (χ4v) is 2.35. The average molecular weight is 277 g/mol. The molecule has 102 valence electrons. The molecule has 2 aromatic heterocycles. The van der Waals surface area contributed by atoms with Crippen LogP contribution in [0, 0.1) is 0 Å². The number of H-pyrrole nitrogens is 1. The monoisotopic (exact) mass is 277 g/mol. The van der Waals surface area contributed by atoms with E-state index in [2.05, 4.69) is 9.97 Å². The number of nitrogens with zero attached hydrogens (tertiary/aromatic N) is 2. The molecule has 0 saturated heterocycles. The van der Waals surface area contributed by atoms with Crippen molar-refractivity contribution in [1.29, 1.82) is 0 Å². The quantitative estimate of drug-likeness (QED) is 0.612. The highest BCUT2D eigenvalue weighted by Crippen LogP contribution is 2.22. The molecule has 4 aromatic rings. The molecule has 0 aliphatic carbocycles. The molecule has 4 rings (SSSR count). The minimum absolute atomic E-state index is 0.260. The van der Waals surface area contributed by atoms with Crippen LogP contribution in [0.5, 0.6) is 0 Å². The topological polar surface area (TPSA) is 63.8 Å². The number of imidazole rings is 1. The number of fused-ring (bicyclic) bond motifs is 1. The van der Waals surface area contributed by atoms with Gasteiger partial charge in [0.05, 0.1) is 17.2 Å². The van der Waals surface area contributed by atoms with Crippen LogP contribution >= 0.6 is 0 Å². The van der Waals surface area contributed by atoms with E-state index in [0.29, 0.717) is 5.76 Å². The zero-order chi connectivity index (χ0) is 14.2. The van der Waals surface area contributed by atoms with E-state index >= 15 is 0 Å². The molecule has 0 atom stereocenters. The maximum absolute atomic E-state index is 12.1. The van der Waals surface area contributed by atoms with Crippen LogP contribution in [0.4, 0.5) is 0 Å². The van der Waals surface area contributed by atoms with Gasteiger partial charge in [-0.2, -0.15) is 0 Å². The van der Waals surface area contributed by atoms with Crippen LogP contribution in [0.3, 0.4) is 0 Å². The number of oxazole rings is 1. The van der Waals surface area contributed by atoms with E-state index in [0.717, 1.165) is 16.6 Å². The van der Waals surface area contributed by atoms with E-state index in [1.807, 2.05) is 54.6 Å². The summed E-state index contributed by atoms with van der Waals surface area (Å²) in [6, 6.07) is 17.3. The number of aromatic amines is 1. The van der Waals surface area contributed by atoms with Crippen LogP contribution in [0.1, 0.15) is 0 Å². The highest BCUT2D eigenvalue weighted by atomic mass is 16.4. The molecule has 2 aromatic carbocycles. The molecule has 0 amide bonds. The largest absolute Gasteiger partial charge is 0.423 e. The van der Waals surface area contributed by atoms with Gasteiger partial charge in [0.1, 0.15) is 0 Å². The molecule has 0 unspecified atom stereocenters. The fourth-order valence-electron chi connectivity index (χ4n) is 2.35. The maximum atomic E-state index is 12.1. The number of hydrogen-bond acceptors (Lipinski definition) is 3. The van der Waals surface area contributed by atoms with Gasteiger partial charge in [-0.15, -0.1) is 0 Å². The normalized spacial score (nSPS) is 11.0. The lowest BCUT2D eigenvalue weighted by Gasteiger charge is -1.97. The average Bonchev–Trinajstić information content (AvgIpc) is 3.11. The van der Waals surface area contributed by atoms with Gasteiger partial charge in [-0.3, -0.25) is 0 Å². The summed E-state index contributed by atoms with van der Waals surface area (Å²) in [5.74, 6) is 0.628. The molecule has 5 nitrogen and oxygen atoms in total. The van der Waals surface area contributed by atoms with Crippen molar-refractivity contribution < 1.29 is 4.42 Å². The molecular formula is C16H11N3O2. The molecule has 1 N–H and O–H groups in total. The van der Waals surface area contributed by atoms with E-state index in [1.165, 1.54) is 4.57 Å². The van der Waals surface area contributed by atoms with E-state index < -0.39 is 0 Å². The van der Waals surface area contributed by atoms with Crippen molar-refractivity contribution >= 4 is 11.0 Å². The summed E-state index contributed by atoms with van der Waals surface area (Å²) in [7, 11) is 0. The van der Waals surface area contributed by atoms with Gasteiger partial charge in [-0.05, 0) is 12.1 Å². The summed E-state index contributed by atoms with van der Waals surface area (Å²) < 4.78 is 7.17. The Morgan fingerprint density at radius 2 is 1.76 bits per heavy atom. The summed E-state index contributed by atoms with van der Waals surface area (Å²) in [4.78, 5) is 19.1. The molecule has 0 spiro atoms. The zero-order valence-electron chi connectivity index (χ0n) is 11.0. The number of nitrogens with one attached hydrogen (secondary N) is 1. The minimum Gasteiger partial charge on any atom is -0.423 e. The van der Waals surface area contributed by atoms with Gasteiger partial charge in [0.25, 0.3) is 0 Å². The van der Waals surface area contributed by atoms with Gasteiger partial charge < -0.3 is 9.40 Å². The number of benzene rings is 2. The van der Waals surface area contributed by atoms with Crippen molar-refractivity contribution in [2.45, 2.75) is 0 Å². The summed E-state index contributed by atoms with van der Waals surface area (Å²) in [5.41, 5.74) is 2.15.